The molecule has 1 aromatic carbocycles. The van der Waals surface area contributed by atoms with Crippen LogP contribution in [0.25, 0.3) is 0 Å². The maximum Gasteiger partial charge on any atom is 0.124 e. The maximum absolute atomic E-state index is 6.39. The molecule has 0 aromatic heterocycles. The summed E-state index contributed by atoms with van der Waals surface area (Å²) in [6, 6.07) is 8.16. The molecule has 1 aromatic rings. The van der Waals surface area contributed by atoms with Gasteiger partial charge in [0.25, 0.3) is 0 Å². The number of para-hydroxylation sites is 1. The summed E-state index contributed by atoms with van der Waals surface area (Å²) >= 11 is 0. The molecule has 1 fully saturated rings. The van der Waals surface area contributed by atoms with Crippen molar-refractivity contribution < 1.29 is 9.47 Å². The molecule has 0 amide bonds. The van der Waals surface area contributed by atoms with Crippen molar-refractivity contribution in [2.75, 3.05) is 20.7 Å². The second-order valence-corrected chi connectivity index (χ2v) is 5.82. The van der Waals surface area contributed by atoms with Crippen LogP contribution in [0.5, 0.6) is 5.75 Å². The minimum absolute atomic E-state index is 0.0615. The standard InChI is InChI=1S/C17H27NO2/c1-13-7-6-8-14(11-13)20-17(12-18-2)15-9-4-5-10-16(15)19-3/h4-5,9-10,13-14,17-18H,6-8,11-12H2,1-3H3. The molecule has 3 nitrogen and oxygen atoms in total. The van der Waals surface area contributed by atoms with E-state index in [9.17, 15) is 0 Å². The smallest absolute Gasteiger partial charge is 0.124 e. The van der Waals surface area contributed by atoms with Gasteiger partial charge in [-0.05, 0) is 31.9 Å². The summed E-state index contributed by atoms with van der Waals surface area (Å²) < 4.78 is 11.9. The first-order valence-electron chi connectivity index (χ1n) is 7.67. The Bertz CT molecular complexity index is 408. The van der Waals surface area contributed by atoms with E-state index in [1.165, 1.54) is 25.7 Å². The lowest BCUT2D eigenvalue weighted by Gasteiger charge is -2.31. The van der Waals surface area contributed by atoms with Crippen LogP contribution >= 0.6 is 0 Å². The SMILES string of the molecule is CNCC(OC1CCCC(C)C1)c1ccccc1OC. The highest BCUT2D eigenvalue weighted by atomic mass is 16.5. The van der Waals surface area contributed by atoms with Gasteiger partial charge in [-0.3, -0.25) is 0 Å². The lowest BCUT2D eigenvalue weighted by Crippen LogP contribution is -2.28. The summed E-state index contributed by atoms with van der Waals surface area (Å²) in [5, 5.41) is 3.24. The first-order valence-corrected chi connectivity index (χ1v) is 7.67. The van der Waals surface area contributed by atoms with E-state index in [2.05, 4.69) is 18.3 Å². The van der Waals surface area contributed by atoms with Gasteiger partial charge in [-0.25, -0.2) is 0 Å². The number of nitrogens with one attached hydrogen (secondary N) is 1. The largest absolute Gasteiger partial charge is 0.496 e. The van der Waals surface area contributed by atoms with Crippen LogP contribution in [0, 0.1) is 5.92 Å². The van der Waals surface area contributed by atoms with Gasteiger partial charge in [0.15, 0.2) is 0 Å². The Morgan fingerprint density at radius 2 is 2.10 bits per heavy atom. The average Bonchev–Trinajstić information content (AvgIpc) is 2.47. The molecule has 0 heterocycles. The van der Waals surface area contributed by atoms with E-state index in [0.717, 1.165) is 23.8 Å². The van der Waals surface area contributed by atoms with Gasteiger partial charge in [-0.15, -0.1) is 0 Å². The number of rotatable bonds is 6. The molecule has 1 saturated carbocycles. The van der Waals surface area contributed by atoms with Gasteiger partial charge in [-0.1, -0.05) is 38.0 Å². The third-order valence-corrected chi connectivity index (χ3v) is 4.12. The fraction of sp³-hybridized carbons (Fsp3) is 0.647. The third kappa shape index (κ3) is 3.97. The fourth-order valence-corrected chi connectivity index (χ4v) is 3.08. The number of likely N-dealkylation sites (N-methyl/N-ethyl adjacent to an activating group) is 1. The summed E-state index contributed by atoms with van der Waals surface area (Å²) in [6.07, 6.45) is 5.41. The predicted octanol–water partition coefficient (Wildman–Crippen LogP) is 3.55. The zero-order valence-corrected chi connectivity index (χ0v) is 12.9. The van der Waals surface area contributed by atoms with Gasteiger partial charge >= 0.3 is 0 Å². The van der Waals surface area contributed by atoms with Crippen molar-refractivity contribution in [2.45, 2.75) is 44.8 Å². The minimum Gasteiger partial charge on any atom is -0.496 e. The molecular formula is C17H27NO2. The van der Waals surface area contributed by atoms with E-state index in [1.54, 1.807) is 7.11 Å². The topological polar surface area (TPSA) is 30.5 Å². The van der Waals surface area contributed by atoms with Crippen molar-refractivity contribution >= 4 is 0 Å². The first kappa shape index (κ1) is 15.3. The maximum atomic E-state index is 6.39. The molecule has 0 bridgehead atoms. The predicted molar refractivity (Wildman–Crippen MR) is 82.2 cm³/mol. The van der Waals surface area contributed by atoms with Crippen molar-refractivity contribution in [2.24, 2.45) is 5.92 Å². The molecular weight excluding hydrogens is 250 g/mol. The molecule has 112 valence electrons. The van der Waals surface area contributed by atoms with Crippen molar-refractivity contribution in [1.29, 1.82) is 0 Å². The van der Waals surface area contributed by atoms with Crippen molar-refractivity contribution in [3.8, 4) is 5.75 Å². The zero-order valence-electron chi connectivity index (χ0n) is 12.9. The summed E-state index contributed by atoms with van der Waals surface area (Å²) in [4.78, 5) is 0. The minimum atomic E-state index is 0.0615. The van der Waals surface area contributed by atoms with Gasteiger partial charge in [-0.2, -0.15) is 0 Å². The quantitative estimate of drug-likeness (QED) is 0.862. The van der Waals surface area contributed by atoms with E-state index in [0.29, 0.717) is 6.10 Å². The number of ether oxygens (including phenoxy) is 2. The number of methoxy groups -OCH3 is 1. The van der Waals surface area contributed by atoms with Crippen LogP contribution < -0.4 is 10.1 Å². The van der Waals surface area contributed by atoms with Gasteiger partial charge in [0.05, 0.1) is 19.3 Å². The molecule has 0 radical (unpaired) electrons. The molecule has 0 spiro atoms. The fourth-order valence-electron chi connectivity index (χ4n) is 3.08. The van der Waals surface area contributed by atoms with Crippen molar-refractivity contribution in [1.82, 2.24) is 5.32 Å². The normalized spacial score (nSPS) is 24.4. The lowest BCUT2D eigenvalue weighted by atomic mass is 9.88. The van der Waals surface area contributed by atoms with E-state index >= 15 is 0 Å². The highest BCUT2D eigenvalue weighted by molar-refractivity contribution is 5.35. The van der Waals surface area contributed by atoms with Crippen LogP contribution in [-0.2, 0) is 4.74 Å². The Morgan fingerprint density at radius 3 is 2.80 bits per heavy atom. The third-order valence-electron chi connectivity index (χ3n) is 4.12. The van der Waals surface area contributed by atoms with E-state index in [-0.39, 0.29) is 6.10 Å². The van der Waals surface area contributed by atoms with Gasteiger partial charge in [0.1, 0.15) is 5.75 Å². The van der Waals surface area contributed by atoms with E-state index < -0.39 is 0 Å². The van der Waals surface area contributed by atoms with Crippen molar-refractivity contribution in [3.05, 3.63) is 29.8 Å². The molecule has 2 rings (SSSR count). The van der Waals surface area contributed by atoms with E-state index in [4.69, 9.17) is 9.47 Å². The molecule has 20 heavy (non-hydrogen) atoms. The Kier molecular flexibility index (Phi) is 5.86. The Balaban J connectivity index is 2.09. The van der Waals surface area contributed by atoms with Crippen molar-refractivity contribution in [3.63, 3.8) is 0 Å². The zero-order chi connectivity index (χ0) is 14.4. The van der Waals surface area contributed by atoms with Crippen LogP contribution in [0.1, 0.15) is 44.3 Å². The Hall–Kier alpha value is -1.06. The molecule has 1 aliphatic carbocycles. The van der Waals surface area contributed by atoms with Crippen LogP contribution in [0.2, 0.25) is 0 Å². The van der Waals surface area contributed by atoms with Gasteiger partial charge < -0.3 is 14.8 Å². The van der Waals surface area contributed by atoms with Gasteiger partial charge in [0.2, 0.25) is 0 Å². The number of hydrogen-bond acceptors (Lipinski definition) is 3. The van der Waals surface area contributed by atoms with Gasteiger partial charge in [0, 0.05) is 12.1 Å². The van der Waals surface area contributed by atoms with Crippen LogP contribution in [0.3, 0.4) is 0 Å². The molecule has 0 saturated heterocycles. The van der Waals surface area contributed by atoms with Crippen LogP contribution in [0.15, 0.2) is 24.3 Å². The highest BCUT2D eigenvalue weighted by Crippen LogP contribution is 2.33. The first-order chi connectivity index (χ1) is 9.74. The Morgan fingerprint density at radius 1 is 1.30 bits per heavy atom. The monoisotopic (exact) mass is 277 g/mol. The van der Waals surface area contributed by atoms with E-state index in [1.807, 2.05) is 25.2 Å². The molecule has 1 aliphatic rings. The molecule has 0 aliphatic heterocycles. The second kappa shape index (κ2) is 7.65. The Labute approximate surface area is 122 Å². The lowest BCUT2D eigenvalue weighted by molar-refractivity contribution is -0.0396. The summed E-state index contributed by atoms with van der Waals surface area (Å²) in [7, 11) is 3.69. The highest BCUT2D eigenvalue weighted by Gasteiger charge is 2.24. The molecule has 1 N–H and O–H groups in total. The summed E-state index contributed by atoms with van der Waals surface area (Å²) in [5.41, 5.74) is 1.14. The van der Waals surface area contributed by atoms with Crippen LogP contribution in [0.4, 0.5) is 0 Å². The molecule has 3 heteroatoms. The molecule has 3 unspecified atom stereocenters. The average molecular weight is 277 g/mol. The number of benzene rings is 1. The summed E-state index contributed by atoms with van der Waals surface area (Å²) in [6.45, 7) is 3.14. The second-order valence-electron chi connectivity index (χ2n) is 5.82. The van der Waals surface area contributed by atoms with Crippen LogP contribution in [-0.4, -0.2) is 26.8 Å². The molecule has 3 atom stereocenters. The summed E-state index contributed by atoms with van der Waals surface area (Å²) in [5.74, 6) is 1.69. The number of hydrogen-bond donors (Lipinski definition) is 1.